The molecule has 0 spiro atoms. The number of rotatable bonds is 8. The Labute approximate surface area is 142 Å². The lowest BCUT2D eigenvalue weighted by molar-refractivity contribution is -0.117. The molecular weight excluding hydrogens is 311 g/mol. The Bertz CT molecular complexity index is 533. The number of carbonyl (C=O) groups is 1. The smallest absolute Gasteiger partial charge is 0.224 e. The van der Waals surface area contributed by atoms with E-state index in [-0.39, 0.29) is 11.8 Å². The van der Waals surface area contributed by atoms with Crippen molar-refractivity contribution in [3.8, 4) is 5.75 Å². The third-order valence-electron chi connectivity index (χ3n) is 4.41. The summed E-state index contributed by atoms with van der Waals surface area (Å²) in [5.41, 5.74) is 0.366. The van der Waals surface area contributed by atoms with E-state index >= 15 is 0 Å². The molecule has 2 N–H and O–H groups in total. The normalized spacial score (nSPS) is 18.9. The Morgan fingerprint density at radius 3 is 3.00 bits per heavy atom. The van der Waals surface area contributed by atoms with Crippen molar-refractivity contribution in [1.29, 1.82) is 0 Å². The van der Waals surface area contributed by atoms with E-state index in [4.69, 9.17) is 9.47 Å². The number of methoxy groups -OCH3 is 1. The molecule has 2 unspecified atom stereocenters. The van der Waals surface area contributed by atoms with E-state index in [0.717, 1.165) is 25.9 Å². The topological polar surface area (TPSA) is 59.6 Å². The molecule has 1 aliphatic heterocycles. The van der Waals surface area contributed by atoms with E-state index in [0.29, 0.717) is 37.0 Å². The Hall–Kier alpha value is -1.66. The van der Waals surface area contributed by atoms with Gasteiger partial charge in [-0.05, 0) is 49.9 Å². The molecule has 6 heteroatoms. The molecular formula is C18H27FN2O3. The number of nitrogens with one attached hydrogen (secondary N) is 2. The van der Waals surface area contributed by atoms with Crippen LogP contribution in [0.2, 0.25) is 0 Å². The molecule has 0 aliphatic carbocycles. The number of halogens is 1. The predicted molar refractivity (Wildman–Crippen MR) is 91.8 cm³/mol. The number of ether oxygens (including phenoxy) is 2. The van der Waals surface area contributed by atoms with E-state index in [1.54, 1.807) is 7.11 Å². The Morgan fingerprint density at radius 2 is 2.29 bits per heavy atom. The van der Waals surface area contributed by atoms with Crippen molar-refractivity contribution in [3.05, 3.63) is 24.0 Å². The average Bonchev–Trinajstić information content (AvgIpc) is 2.57. The molecule has 1 fully saturated rings. The molecule has 0 radical (unpaired) electrons. The highest BCUT2D eigenvalue weighted by atomic mass is 19.1. The van der Waals surface area contributed by atoms with Gasteiger partial charge in [0.25, 0.3) is 0 Å². The molecule has 1 heterocycles. The second-order valence-corrected chi connectivity index (χ2v) is 6.32. The summed E-state index contributed by atoms with van der Waals surface area (Å²) in [7, 11) is 1.58. The standard InChI is InChI=1S/C18H27FN2O3/c1-13(14-4-3-7-20-12-14)10-18(22)21-16-11-15(19)5-6-17(16)24-9-8-23-2/h5-6,11,13-14,20H,3-4,7-10,12H2,1-2H3,(H,21,22). The van der Waals surface area contributed by atoms with Gasteiger partial charge in [0, 0.05) is 19.6 Å². The summed E-state index contributed by atoms with van der Waals surface area (Å²) in [4.78, 5) is 12.3. The molecule has 0 bridgehead atoms. The summed E-state index contributed by atoms with van der Waals surface area (Å²) in [6.45, 7) is 4.88. The molecule has 1 aromatic carbocycles. The fourth-order valence-corrected chi connectivity index (χ4v) is 2.99. The van der Waals surface area contributed by atoms with Crippen molar-refractivity contribution in [2.24, 2.45) is 11.8 Å². The van der Waals surface area contributed by atoms with Gasteiger partial charge < -0.3 is 20.1 Å². The van der Waals surface area contributed by atoms with Gasteiger partial charge in [-0.3, -0.25) is 4.79 Å². The van der Waals surface area contributed by atoms with Gasteiger partial charge in [0.05, 0.1) is 12.3 Å². The Morgan fingerprint density at radius 1 is 1.46 bits per heavy atom. The third kappa shape index (κ3) is 5.76. The van der Waals surface area contributed by atoms with Crippen LogP contribution in [0, 0.1) is 17.7 Å². The molecule has 1 saturated heterocycles. The van der Waals surface area contributed by atoms with Crippen molar-refractivity contribution >= 4 is 11.6 Å². The zero-order valence-electron chi connectivity index (χ0n) is 14.4. The maximum Gasteiger partial charge on any atom is 0.224 e. The van der Waals surface area contributed by atoms with Crippen LogP contribution in [0.5, 0.6) is 5.75 Å². The van der Waals surface area contributed by atoms with Gasteiger partial charge in [0.2, 0.25) is 5.91 Å². The van der Waals surface area contributed by atoms with E-state index in [2.05, 4.69) is 17.6 Å². The fraction of sp³-hybridized carbons (Fsp3) is 0.611. The summed E-state index contributed by atoms with van der Waals surface area (Å²) in [5.74, 6) is 0.719. The Kier molecular flexibility index (Phi) is 7.46. The monoisotopic (exact) mass is 338 g/mol. The summed E-state index contributed by atoms with van der Waals surface area (Å²) >= 11 is 0. The van der Waals surface area contributed by atoms with E-state index in [9.17, 15) is 9.18 Å². The van der Waals surface area contributed by atoms with E-state index < -0.39 is 5.82 Å². The van der Waals surface area contributed by atoms with Crippen LogP contribution in [-0.4, -0.2) is 39.3 Å². The Balaban J connectivity index is 1.93. The first-order valence-corrected chi connectivity index (χ1v) is 8.52. The number of hydrogen-bond acceptors (Lipinski definition) is 4. The fourth-order valence-electron chi connectivity index (χ4n) is 2.99. The van der Waals surface area contributed by atoms with Gasteiger partial charge >= 0.3 is 0 Å². The average molecular weight is 338 g/mol. The molecule has 24 heavy (non-hydrogen) atoms. The summed E-state index contributed by atoms with van der Waals surface area (Å²) in [6, 6.07) is 4.12. The first-order valence-electron chi connectivity index (χ1n) is 8.52. The minimum absolute atomic E-state index is 0.115. The van der Waals surface area contributed by atoms with Gasteiger partial charge in [-0.15, -0.1) is 0 Å². The van der Waals surface area contributed by atoms with Crippen molar-refractivity contribution in [2.75, 3.05) is 38.7 Å². The third-order valence-corrected chi connectivity index (χ3v) is 4.41. The largest absolute Gasteiger partial charge is 0.489 e. The maximum absolute atomic E-state index is 13.5. The first-order chi connectivity index (χ1) is 11.6. The predicted octanol–water partition coefficient (Wildman–Crippen LogP) is 2.82. The van der Waals surface area contributed by atoms with Gasteiger partial charge in [0.1, 0.15) is 18.2 Å². The number of carbonyl (C=O) groups excluding carboxylic acids is 1. The number of anilines is 1. The highest BCUT2D eigenvalue weighted by Crippen LogP contribution is 2.27. The van der Waals surface area contributed by atoms with Gasteiger partial charge in [-0.25, -0.2) is 4.39 Å². The lowest BCUT2D eigenvalue weighted by Gasteiger charge is -2.28. The molecule has 1 amide bonds. The molecule has 5 nitrogen and oxygen atoms in total. The summed E-state index contributed by atoms with van der Waals surface area (Å²) in [5, 5.41) is 6.15. The van der Waals surface area contributed by atoms with Crippen LogP contribution >= 0.6 is 0 Å². The minimum atomic E-state index is -0.408. The highest BCUT2D eigenvalue weighted by molar-refractivity contribution is 5.92. The number of hydrogen-bond donors (Lipinski definition) is 2. The molecule has 0 saturated carbocycles. The van der Waals surface area contributed by atoms with E-state index in [1.807, 2.05) is 0 Å². The van der Waals surface area contributed by atoms with Crippen LogP contribution in [-0.2, 0) is 9.53 Å². The van der Waals surface area contributed by atoms with Crippen molar-refractivity contribution < 1.29 is 18.7 Å². The van der Waals surface area contributed by atoms with Crippen LogP contribution in [0.25, 0.3) is 0 Å². The van der Waals surface area contributed by atoms with Crippen LogP contribution in [0.4, 0.5) is 10.1 Å². The lowest BCUT2D eigenvalue weighted by Crippen LogP contribution is -2.34. The van der Waals surface area contributed by atoms with Crippen LogP contribution in [0.1, 0.15) is 26.2 Å². The van der Waals surface area contributed by atoms with Crippen LogP contribution in [0.3, 0.4) is 0 Å². The summed E-state index contributed by atoms with van der Waals surface area (Å²) < 4.78 is 24.0. The minimum Gasteiger partial charge on any atom is -0.489 e. The van der Waals surface area contributed by atoms with Gasteiger partial charge in [0.15, 0.2) is 0 Å². The van der Waals surface area contributed by atoms with Crippen molar-refractivity contribution in [3.63, 3.8) is 0 Å². The van der Waals surface area contributed by atoms with Crippen molar-refractivity contribution in [2.45, 2.75) is 26.2 Å². The zero-order valence-corrected chi connectivity index (χ0v) is 14.4. The molecule has 134 valence electrons. The van der Waals surface area contributed by atoms with Gasteiger partial charge in [-0.2, -0.15) is 0 Å². The maximum atomic E-state index is 13.5. The van der Waals surface area contributed by atoms with Crippen LogP contribution in [0.15, 0.2) is 18.2 Å². The quantitative estimate of drug-likeness (QED) is 0.716. The molecule has 1 aliphatic rings. The van der Waals surface area contributed by atoms with Crippen LogP contribution < -0.4 is 15.4 Å². The number of piperidine rings is 1. The van der Waals surface area contributed by atoms with E-state index in [1.165, 1.54) is 18.2 Å². The highest BCUT2D eigenvalue weighted by Gasteiger charge is 2.22. The molecule has 2 rings (SSSR count). The molecule has 2 atom stereocenters. The molecule has 1 aromatic rings. The second kappa shape index (κ2) is 9.59. The number of benzene rings is 1. The zero-order chi connectivity index (χ0) is 17.4. The first kappa shape index (κ1) is 18.7. The van der Waals surface area contributed by atoms with Crippen molar-refractivity contribution in [1.82, 2.24) is 5.32 Å². The lowest BCUT2D eigenvalue weighted by atomic mass is 9.85. The summed E-state index contributed by atoms with van der Waals surface area (Å²) in [6.07, 6.45) is 2.71. The second-order valence-electron chi connectivity index (χ2n) is 6.32. The SMILES string of the molecule is COCCOc1ccc(F)cc1NC(=O)CC(C)C1CCCNC1. The van der Waals surface area contributed by atoms with Gasteiger partial charge in [-0.1, -0.05) is 6.92 Å². The number of amides is 1. The molecule has 0 aromatic heterocycles.